The van der Waals surface area contributed by atoms with E-state index in [2.05, 4.69) is 13.8 Å². The summed E-state index contributed by atoms with van der Waals surface area (Å²) in [5.74, 6) is 2.44. The van der Waals surface area contributed by atoms with Gasteiger partial charge in [0.2, 0.25) is 0 Å². The van der Waals surface area contributed by atoms with Gasteiger partial charge in [-0.25, -0.2) is 4.79 Å². The Kier molecular flexibility index (Phi) is 11.5. The van der Waals surface area contributed by atoms with Crippen LogP contribution in [0.2, 0.25) is 0 Å². The van der Waals surface area contributed by atoms with E-state index in [0.29, 0.717) is 17.9 Å². The lowest BCUT2D eigenvalue weighted by Crippen LogP contribution is -2.15. The van der Waals surface area contributed by atoms with Gasteiger partial charge in [-0.1, -0.05) is 83.8 Å². The maximum atomic E-state index is 11.8. The monoisotopic (exact) mass is 480 g/mol. The summed E-state index contributed by atoms with van der Waals surface area (Å²) in [7, 11) is 0. The van der Waals surface area contributed by atoms with E-state index >= 15 is 0 Å². The van der Waals surface area contributed by atoms with Crippen molar-refractivity contribution in [1.82, 2.24) is 0 Å². The van der Waals surface area contributed by atoms with Gasteiger partial charge in [0.15, 0.2) is 0 Å². The molecule has 0 heterocycles. The van der Waals surface area contributed by atoms with E-state index in [1.165, 1.54) is 57.8 Å². The minimum atomic E-state index is -0.935. The molecule has 1 saturated carbocycles. The largest absolute Gasteiger partial charge is 0.494 e. The predicted molar refractivity (Wildman–Crippen MR) is 144 cm³/mol. The number of carboxylic acids is 1. The van der Waals surface area contributed by atoms with Crippen molar-refractivity contribution >= 4 is 5.97 Å². The summed E-state index contributed by atoms with van der Waals surface area (Å²) in [4.78, 5) is 11.8. The first kappa shape index (κ1) is 27.1. The van der Waals surface area contributed by atoms with Gasteiger partial charge in [0, 0.05) is 0 Å². The highest BCUT2D eigenvalue weighted by Crippen LogP contribution is 2.34. The molecule has 192 valence electrons. The SMILES string of the molecule is CCCCCC1CCC(CCCOc2ccc(-c3cc(OCCCC)ccc3C(=O)O)cc2)CC1. The molecule has 0 spiro atoms. The number of ether oxygens (including phenoxy) is 2. The summed E-state index contributed by atoms with van der Waals surface area (Å²) in [5.41, 5.74) is 1.80. The zero-order valence-electron chi connectivity index (χ0n) is 21.8. The van der Waals surface area contributed by atoms with Crippen molar-refractivity contribution in [3.8, 4) is 22.6 Å². The number of aromatic carboxylic acids is 1. The van der Waals surface area contributed by atoms with E-state index in [1.807, 2.05) is 30.3 Å². The lowest BCUT2D eigenvalue weighted by molar-refractivity contribution is 0.0697. The fraction of sp³-hybridized carbons (Fsp3) is 0.581. The molecule has 1 aliphatic rings. The van der Waals surface area contributed by atoms with Gasteiger partial charge in [0.1, 0.15) is 11.5 Å². The molecular weight excluding hydrogens is 436 g/mol. The summed E-state index contributed by atoms with van der Waals surface area (Å²) < 4.78 is 11.8. The third kappa shape index (κ3) is 8.91. The molecule has 0 aliphatic heterocycles. The quantitative estimate of drug-likeness (QED) is 0.259. The summed E-state index contributed by atoms with van der Waals surface area (Å²) >= 11 is 0. The average molecular weight is 481 g/mol. The summed E-state index contributed by atoms with van der Waals surface area (Å²) in [6, 6.07) is 12.9. The Morgan fingerprint density at radius 3 is 1.97 bits per heavy atom. The van der Waals surface area contributed by atoms with Crippen molar-refractivity contribution < 1.29 is 19.4 Å². The molecule has 0 unspecified atom stereocenters. The second-order valence-electron chi connectivity index (χ2n) is 10.1. The first-order chi connectivity index (χ1) is 17.1. The Bertz CT molecular complexity index is 881. The molecular formula is C31H44O4. The summed E-state index contributed by atoms with van der Waals surface area (Å²) in [6.07, 6.45) is 15.5. The van der Waals surface area contributed by atoms with Crippen LogP contribution in [0.1, 0.15) is 101 Å². The van der Waals surface area contributed by atoms with Gasteiger partial charge in [-0.05, 0) is 72.6 Å². The standard InChI is InChI=1S/C31H44O4/c1-3-5-7-9-24-11-13-25(14-12-24)10-8-22-34-27-17-15-26(16-18-27)30-23-28(35-21-6-4-2)19-20-29(30)31(32)33/h15-20,23-25H,3-14,21-22H2,1-2H3,(H,32,33). The lowest BCUT2D eigenvalue weighted by Gasteiger charge is -2.28. The minimum Gasteiger partial charge on any atom is -0.494 e. The third-order valence-electron chi connectivity index (χ3n) is 7.36. The molecule has 1 N–H and O–H groups in total. The number of hydrogen-bond acceptors (Lipinski definition) is 3. The highest BCUT2D eigenvalue weighted by molar-refractivity contribution is 5.96. The van der Waals surface area contributed by atoms with Gasteiger partial charge in [0.25, 0.3) is 0 Å². The van der Waals surface area contributed by atoms with Gasteiger partial charge in [-0.15, -0.1) is 0 Å². The van der Waals surface area contributed by atoms with Crippen LogP contribution in [-0.2, 0) is 0 Å². The number of rotatable bonds is 15. The van der Waals surface area contributed by atoms with Crippen molar-refractivity contribution in [2.24, 2.45) is 11.8 Å². The molecule has 0 amide bonds. The van der Waals surface area contributed by atoms with Crippen LogP contribution in [0.3, 0.4) is 0 Å². The maximum Gasteiger partial charge on any atom is 0.336 e. The van der Waals surface area contributed by atoms with Crippen molar-refractivity contribution in [2.45, 2.75) is 90.9 Å². The van der Waals surface area contributed by atoms with E-state index in [0.717, 1.165) is 49.0 Å². The number of carbonyl (C=O) groups is 1. The molecule has 0 bridgehead atoms. The Balaban J connectivity index is 1.45. The topological polar surface area (TPSA) is 55.8 Å². The molecule has 4 heteroatoms. The number of unbranched alkanes of at least 4 members (excludes halogenated alkanes) is 3. The van der Waals surface area contributed by atoms with Crippen molar-refractivity contribution in [1.29, 1.82) is 0 Å². The Morgan fingerprint density at radius 1 is 0.771 bits per heavy atom. The molecule has 2 aromatic rings. The van der Waals surface area contributed by atoms with Gasteiger partial charge in [0.05, 0.1) is 18.8 Å². The lowest BCUT2D eigenvalue weighted by atomic mass is 9.78. The van der Waals surface area contributed by atoms with E-state index < -0.39 is 5.97 Å². The molecule has 0 aromatic heterocycles. The van der Waals surface area contributed by atoms with Crippen molar-refractivity contribution in [3.05, 3.63) is 48.0 Å². The first-order valence-corrected chi connectivity index (χ1v) is 13.8. The van der Waals surface area contributed by atoms with Crippen LogP contribution in [0.15, 0.2) is 42.5 Å². The second kappa shape index (κ2) is 14.8. The van der Waals surface area contributed by atoms with Gasteiger partial charge in [-0.2, -0.15) is 0 Å². The van der Waals surface area contributed by atoms with Crippen LogP contribution in [0.25, 0.3) is 11.1 Å². The molecule has 4 nitrogen and oxygen atoms in total. The van der Waals surface area contributed by atoms with Crippen LogP contribution in [-0.4, -0.2) is 24.3 Å². The Morgan fingerprint density at radius 2 is 1.34 bits per heavy atom. The minimum absolute atomic E-state index is 0.279. The highest BCUT2D eigenvalue weighted by atomic mass is 16.5. The average Bonchev–Trinajstić information content (AvgIpc) is 2.88. The molecule has 1 aliphatic carbocycles. The smallest absolute Gasteiger partial charge is 0.336 e. The summed E-state index contributed by atoms with van der Waals surface area (Å²) in [6.45, 7) is 5.77. The normalized spacial score (nSPS) is 17.8. The zero-order chi connectivity index (χ0) is 24.9. The third-order valence-corrected chi connectivity index (χ3v) is 7.36. The van der Waals surface area contributed by atoms with Gasteiger partial charge in [-0.3, -0.25) is 0 Å². The predicted octanol–water partition coefficient (Wildman–Crippen LogP) is 8.78. The van der Waals surface area contributed by atoms with Crippen LogP contribution in [0, 0.1) is 11.8 Å². The first-order valence-electron chi connectivity index (χ1n) is 13.8. The second-order valence-corrected chi connectivity index (χ2v) is 10.1. The zero-order valence-corrected chi connectivity index (χ0v) is 21.8. The van der Waals surface area contributed by atoms with Crippen molar-refractivity contribution in [2.75, 3.05) is 13.2 Å². The number of hydrogen-bond donors (Lipinski definition) is 1. The number of benzene rings is 2. The van der Waals surface area contributed by atoms with Crippen LogP contribution in [0.4, 0.5) is 0 Å². The Hall–Kier alpha value is -2.49. The molecule has 1 fully saturated rings. The Labute approximate surface area is 212 Å². The molecule has 0 atom stereocenters. The van der Waals surface area contributed by atoms with Crippen LogP contribution in [0.5, 0.6) is 11.5 Å². The van der Waals surface area contributed by atoms with Crippen LogP contribution >= 0.6 is 0 Å². The van der Waals surface area contributed by atoms with E-state index in [9.17, 15) is 9.90 Å². The van der Waals surface area contributed by atoms with Gasteiger partial charge >= 0.3 is 5.97 Å². The molecule has 3 rings (SSSR count). The molecule has 0 radical (unpaired) electrons. The van der Waals surface area contributed by atoms with Gasteiger partial charge < -0.3 is 14.6 Å². The van der Waals surface area contributed by atoms with E-state index in [-0.39, 0.29) is 5.56 Å². The fourth-order valence-electron chi connectivity index (χ4n) is 5.16. The molecule has 2 aromatic carbocycles. The van der Waals surface area contributed by atoms with Crippen molar-refractivity contribution in [3.63, 3.8) is 0 Å². The number of carboxylic acid groups (broad SMARTS) is 1. The fourth-order valence-corrected chi connectivity index (χ4v) is 5.16. The van der Waals surface area contributed by atoms with E-state index in [1.54, 1.807) is 12.1 Å². The van der Waals surface area contributed by atoms with E-state index in [4.69, 9.17) is 9.47 Å². The molecule has 0 saturated heterocycles. The maximum absolute atomic E-state index is 11.8. The highest BCUT2D eigenvalue weighted by Gasteiger charge is 2.20. The summed E-state index contributed by atoms with van der Waals surface area (Å²) in [5, 5.41) is 9.63. The molecule has 35 heavy (non-hydrogen) atoms. The van der Waals surface area contributed by atoms with Crippen LogP contribution < -0.4 is 9.47 Å².